The van der Waals surface area contributed by atoms with Gasteiger partial charge in [0, 0.05) is 23.5 Å². The molecule has 0 aliphatic carbocycles. The summed E-state index contributed by atoms with van der Waals surface area (Å²) in [4.78, 5) is 11.4. The summed E-state index contributed by atoms with van der Waals surface area (Å²) in [6.45, 7) is 3.92. The van der Waals surface area contributed by atoms with E-state index in [9.17, 15) is 14.3 Å². The number of carboxylic acids is 1. The van der Waals surface area contributed by atoms with Gasteiger partial charge in [-0.2, -0.15) is 5.10 Å². The molecule has 0 bridgehead atoms. The van der Waals surface area contributed by atoms with Crippen molar-refractivity contribution in [3.63, 3.8) is 0 Å². The predicted octanol–water partition coefficient (Wildman–Crippen LogP) is 2.84. The summed E-state index contributed by atoms with van der Waals surface area (Å²) in [5.74, 6) is -1.38. The number of aliphatic carboxylic acids is 1. The van der Waals surface area contributed by atoms with Crippen LogP contribution in [0.3, 0.4) is 0 Å². The molecule has 0 saturated carbocycles. The Bertz CT molecular complexity index is 593. The Labute approximate surface area is 116 Å². The minimum Gasteiger partial charge on any atom is -0.479 e. The van der Waals surface area contributed by atoms with E-state index in [0.717, 1.165) is 0 Å². The quantitative estimate of drug-likeness (QED) is 0.882. The van der Waals surface area contributed by atoms with Gasteiger partial charge in [-0.25, -0.2) is 9.18 Å². The molecule has 1 aromatic carbocycles. The zero-order chi connectivity index (χ0) is 14.7. The molecular formula is C14H16FN3O2. The van der Waals surface area contributed by atoms with Gasteiger partial charge in [-0.1, -0.05) is 0 Å². The first-order valence-corrected chi connectivity index (χ1v) is 6.26. The Hall–Kier alpha value is -2.37. The number of rotatable bonds is 5. The molecule has 2 N–H and O–H groups in total. The minimum absolute atomic E-state index is 0.156. The Kier molecular flexibility index (Phi) is 4.02. The predicted molar refractivity (Wildman–Crippen MR) is 73.0 cm³/mol. The van der Waals surface area contributed by atoms with Gasteiger partial charge in [0.05, 0.1) is 6.20 Å². The fourth-order valence-electron chi connectivity index (χ4n) is 1.78. The first-order chi connectivity index (χ1) is 9.47. The highest BCUT2D eigenvalue weighted by molar-refractivity contribution is 5.79. The molecule has 0 aliphatic rings. The Morgan fingerprint density at radius 2 is 2.00 bits per heavy atom. The van der Waals surface area contributed by atoms with E-state index < -0.39 is 12.0 Å². The molecule has 2 aromatic rings. The molecule has 0 aliphatic heterocycles. The molecule has 1 atom stereocenters. The van der Waals surface area contributed by atoms with Crippen molar-refractivity contribution in [2.75, 3.05) is 5.32 Å². The lowest BCUT2D eigenvalue weighted by atomic mass is 10.1. The van der Waals surface area contributed by atoms with Gasteiger partial charge in [-0.05, 0) is 38.1 Å². The number of halogens is 1. The maximum Gasteiger partial charge on any atom is 0.330 e. The molecule has 1 aromatic heterocycles. The van der Waals surface area contributed by atoms with E-state index in [1.54, 1.807) is 10.9 Å². The van der Waals surface area contributed by atoms with Crippen molar-refractivity contribution in [3.8, 4) is 0 Å². The van der Waals surface area contributed by atoms with Gasteiger partial charge in [-0.3, -0.25) is 4.68 Å². The highest BCUT2D eigenvalue weighted by atomic mass is 19.1. The lowest BCUT2D eigenvalue weighted by molar-refractivity contribution is -0.138. The topological polar surface area (TPSA) is 67.2 Å². The van der Waals surface area contributed by atoms with Crippen LogP contribution < -0.4 is 5.32 Å². The number of anilines is 1. The van der Waals surface area contributed by atoms with E-state index in [0.29, 0.717) is 11.3 Å². The zero-order valence-corrected chi connectivity index (χ0v) is 11.2. The molecule has 5 nitrogen and oxygen atoms in total. The second-order valence-corrected chi connectivity index (χ2v) is 4.77. The van der Waals surface area contributed by atoms with Crippen LogP contribution in [0.25, 0.3) is 0 Å². The zero-order valence-electron chi connectivity index (χ0n) is 11.2. The number of hydrogen-bond donors (Lipinski definition) is 2. The Morgan fingerprint density at radius 3 is 2.50 bits per heavy atom. The van der Waals surface area contributed by atoms with Gasteiger partial charge >= 0.3 is 5.97 Å². The normalized spacial score (nSPS) is 12.4. The molecule has 1 heterocycles. The summed E-state index contributed by atoms with van der Waals surface area (Å²) in [5.41, 5.74) is 1.09. The van der Waals surface area contributed by atoms with E-state index in [-0.39, 0.29) is 11.9 Å². The number of nitrogens with zero attached hydrogens (tertiary/aromatic N) is 2. The summed E-state index contributed by atoms with van der Waals surface area (Å²) in [7, 11) is 0. The molecule has 1 unspecified atom stereocenters. The van der Waals surface area contributed by atoms with Crippen LogP contribution in [0.5, 0.6) is 0 Å². The van der Waals surface area contributed by atoms with Crippen molar-refractivity contribution in [2.24, 2.45) is 0 Å². The van der Waals surface area contributed by atoms with E-state index in [1.807, 2.05) is 13.8 Å². The lowest BCUT2D eigenvalue weighted by Gasteiger charge is -2.14. The maximum absolute atomic E-state index is 12.8. The standard InChI is InChI=1S/C14H16FN3O2/c1-9(2)18-8-10(7-16-18)13(14(19)20)17-12-5-3-11(15)4-6-12/h3-9,13,17H,1-2H3,(H,19,20). The summed E-state index contributed by atoms with van der Waals surface area (Å²) < 4.78 is 14.5. The van der Waals surface area contributed by atoms with Crippen LogP contribution in [0.15, 0.2) is 36.7 Å². The molecular weight excluding hydrogens is 261 g/mol. The van der Waals surface area contributed by atoms with Crippen LogP contribution in [0.2, 0.25) is 0 Å². The first kappa shape index (κ1) is 14.0. The summed E-state index contributed by atoms with van der Waals surface area (Å²) in [6, 6.07) is 4.78. The molecule has 0 radical (unpaired) electrons. The van der Waals surface area contributed by atoms with Gasteiger partial charge in [0.25, 0.3) is 0 Å². The van der Waals surface area contributed by atoms with E-state index in [4.69, 9.17) is 0 Å². The molecule has 6 heteroatoms. The van der Waals surface area contributed by atoms with Crippen LogP contribution in [0, 0.1) is 5.82 Å². The van der Waals surface area contributed by atoms with Crippen molar-refractivity contribution >= 4 is 11.7 Å². The SMILES string of the molecule is CC(C)n1cc(C(Nc2ccc(F)cc2)C(=O)O)cn1. The van der Waals surface area contributed by atoms with Crippen LogP contribution >= 0.6 is 0 Å². The third kappa shape index (κ3) is 3.14. The van der Waals surface area contributed by atoms with Gasteiger partial charge in [0.2, 0.25) is 0 Å². The Balaban J connectivity index is 2.22. The number of carbonyl (C=O) groups is 1. The van der Waals surface area contributed by atoms with Crippen LogP contribution in [0.4, 0.5) is 10.1 Å². The van der Waals surface area contributed by atoms with Gasteiger partial charge in [-0.15, -0.1) is 0 Å². The second kappa shape index (κ2) is 5.73. The van der Waals surface area contributed by atoms with Gasteiger partial charge < -0.3 is 10.4 Å². The monoisotopic (exact) mass is 277 g/mol. The largest absolute Gasteiger partial charge is 0.479 e. The molecule has 0 fully saturated rings. The van der Waals surface area contributed by atoms with Gasteiger partial charge in [0.1, 0.15) is 5.82 Å². The molecule has 20 heavy (non-hydrogen) atoms. The van der Waals surface area contributed by atoms with E-state index in [2.05, 4.69) is 10.4 Å². The fourth-order valence-corrected chi connectivity index (χ4v) is 1.78. The highest BCUT2D eigenvalue weighted by Crippen LogP contribution is 2.20. The fraction of sp³-hybridized carbons (Fsp3) is 0.286. The molecule has 0 amide bonds. The molecule has 0 saturated heterocycles. The number of benzene rings is 1. The minimum atomic E-state index is -1.02. The third-order valence-corrected chi connectivity index (χ3v) is 2.89. The van der Waals surface area contributed by atoms with Crippen molar-refractivity contribution in [1.29, 1.82) is 0 Å². The molecule has 2 rings (SSSR count). The number of carboxylic acid groups (broad SMARTS) is 1. The lowest BCUT2D eigenvalue weighted by Crippen LogP contribution is -2.20. The van der Waals surface area contributed by atoms with Crippen molar-refractivity contribution in [1.82, 2.24) is 9.78 Å². The van der Waals surface area contributed by atoms with Crippen molar-refractivity contribution in [2.45, 2.75) is 25.9 Å². The average molecular weight is 277 g/mol. The smallest absolute Gasteiger partial charge is 0.330 e. The molecule has 0 spiro atoms. The van der Waals surface area contributed by atoms with Crippen molar-refractivity contribution < 1.29 is 14.3 Å². The van der Waals surface area contributed by atoms with E-state index in [1.165, 1.54) is 30.5 Å². The number of hydrogen-bond acceptors (Lipinski definition) is 3. The summed E-state index contributed by atoms with van der Waals surface area (Å²) >= 11 is 0. The second-order valence-electron chi connectivity index (χ2n) is 4.77. The average Bonchev–Trinajstić information content (AvgIpc) is 2.87. The number of nitrogens with one attached hydrogen (secondary N) is 1. The maximum atomic E-state index is 12.8. The summed E-state index contributed by atoms with van der Waals surface area (Å²) in [5, 5.41) is 16.3. The van der Waals surface area contributed by atoms with Crippen LogP contribution in [-0.2, 0) is 4.79 Å². The molecule has 106 valence electrons. The summed E-state index contributed by atoms with van der Waals surface area (Å²) in [6.07, 6.45) is 3.22. The first-order valence-electron chi connectivity index (χ1n) is 6.26. The van der Waals surface area contributed by atoms with Gasteiger partial charge in [0.15, 0.2) is 6.04 Å². The van der Waals surface area contributed by atoms with Crippen LogP contribution in [-0.4, -0.2) is 20.9 Å². The highest BCUT2D eigenvalue weighted by Gasteiger charge is 2.21. The van der Waals surface area contributed by atoms with E-state index >= 15 is 0 Å². The van der Waals surface area contributed by atoms with Crippen molar-refractivity contribution in [3.05, 3.63) is 48.0 Å². The Morgan fingerprint density at radius 1 is 1.35 bits per heavy atom. The number of aromatic nitrogens is 2. The third-order valence-electron chi connectivity index (χ3n) is 2.89. The van der Waals surface area contributed by atoms with Crippen LogP contribution in [0.1, 0.15) is 31.5 Å².